The highest BCUT2D eigenvalue weighted by molar-refractivity contribution is 5.89. The van der Waals surface area contributed by atoms with Crippen LogP contribution >= 0.6 is 0 Å². The fourth-order valence-electron chi connectivity index (χ4n) is 5.29. The molecule has 0 saturated heterocycles. The number of fused-ring (bicyclic) bond motifs is 2. The van der Waals surface area contributed by atoms with Crippen molar-refractivity contribution in [2.45, 2.75) is 91.5 Å². The van der Waals surface area contributed by atoms with Gasteiger partial charge in [0, 0.05) is 34.6 Å². The molecule has 10 heteroatoms. The Hall–Kier alpha value is -4.86. The van der Waals surface area contributed by atoms with E-state index in [1.54, 1.807) is 0 Å². The molecule has 0 bridgehead atoms. The van der Waals surface area contributed by atoms with Crippen LogP contribution in [0, 0.1) is 0 Å². The zero-order valence-corrected chi connectivity index (χ0v) is 27.9. The van der Waals surface area contributed by atoms with Crippen molar-refractivity contribution in [2.75, 3.05) is 10.6 Å². The topological polar surface area (TPSA) is 134 Å². The van der Waals surface area contributed by atoms with E-state index in [0.717, 1.165) is 56.2 Å². The summed E-state index contributed by atoms with van der Waals surface area (Å²) < 4.78 is 10.9. The van der Waals surface area contributed by atoms with Crippen LogP contribution in [0.15, 0.2) is 60.7 Å². The Kier molecular flexibility index (Phi) is 9.10. The second kappa shape index (κ2) is 12.9. The lowest BCUT2D eigenvalue weighted by atomic mass is 10.1. The van der Waals surface area contributed by atoms with Crippen molar-refractivity contribution in [3.63, 3.8) is 0 Å². The first-order chi connectivity index (χ1) is 21.6. The zero-order chi connectivity index (χ0) is 33.2. The number of carbonyl (C=O) groups excluding carboxylic acids is 2. The van der Waals surface area contributed by atoms with Crippen LogP contribution in [0.4, 0.5) is 11.4 Å². The Balaban J connectivity index is 1.33. The van der Waals surface area contributed by atoms with Crippen molar-refractivity contribution < 1.29 is 19.1 Å². The summed E-state index contributed by atoms with van der Waals surface area (Å²) in [6, 6.07) is 19.6. The Bertz CT molecular complexity index is 1720. The summed E-state index contributed by atoms with van der Waals surface area (Å²) in [5, 5.41) is 6.79. The van der Waals surface area contributed by atoms with E-state index in [2.05, 4.69) is 20.6 Å². The maximum absolute atomic E-state index is 12.3. The summed E-state index contributed by atoms with van der Waals surface area (Å²) in [5.41, 5.74) is 5.98. The molecule has 0 spiro atoms. The molecule has 5 rings (SSSR count). The van der Waals surface area contributed by atoms with Gasteiger partial charge in [-0.05, 0) is 91.8 Å². The van der Waals surface area contributed by atoms with Crippen LogP contribution in [-0.2, 0) is 19.1 Å². The summed E-state index contributed by atoms with van der Waals surface area (Å²) in [5.74, 6) is 0.978. The summed E-state index contributed by atoms with van der Waals surface area (Å²) >= 11 is 0. The molecule has 0 aliphatic carbocycles. The van der Waals surface area contributed by atoms with E-state index >= 15 is 0 Å². The number of imidazole rings is 2. The third-order valence-electron chi connectivity index (χ3n) is 7.01. The molecular weight excluding hydrogens is 580 g/mol. The number of nitrogens with zero attached hydrogens (tertiary/aromatic N) is 2. The number of aromatic amines is 2. The molecule has 4 N–H and O–H groups in total. The van der Waals surface area contributed by atoms with Crippen molar-refractivity contribution in [1.29, 1.82) is 0 Å². The monoisotopic (exact) mass is 624 g/mol. The van der Waals surface area contributed by atoms with Gasteiger partial charge in [0.2, 0.25) is 0 Å². The quantitative estimate of drug-likeness (QED) is 0.116. The molecule has 0 saturated carbocycles. The average molecular weight is 625 g/mol. The maximum atomic E-state index is 12.3. The number of carbonyl (C=O) groups is 2. The molecule has 3 aromatic carbocycles. The zero-order valence-electron chi connectivity index (χ0n) is 27.9. The van der Waals surface area contributed by atoms with E-state index in [9.17, 15) is 9.59 Å². The predicted molar refractivity (Wildman–Crippen MR) is 184 cm³/mol. The third kappa shape index (κ3) is 8.44. The third-order valence-corrected chi connectivity index (χ3v) is 7.01. The van der Waals surface area contributed by atoms with Gasteiger partial charge in [0.05, 0.1) is 34.9 Å². The normalized spacial score (nSPS) is 13.4. The van der Waals surface area contributed by atoms with E-state index in [-0.39, 0.29) is 36.9 Å². The minimum atomic E-state index is -0.510. The van der Waals surface area contributed by atoms with Gasteiger partial charge in [-0.1, -0.05) is 24.3 Å². The molecule has 2 unspecified atom stereocenters. The van der Waals surface area contributed by atoms with Gasteiger partial charge in [-0.2, -0.15) is 0 Å². The SMILES string of the molecule is CC(CC(=O)OC(C)(C)C)Nc1ccc2nc(-c3ccccc3-c3nc4ccc(NC(C)CC(=O)OC(C)(C)C)cc4[nH]3)[nH]c2c1. The smallest absolute Gasteiger partial charge is 0.308 e. The molecule has 2 heterocycles. The average Bonchev–Trinajstić information content (AvgIpc) is 3.54. The van der Waals surface area contributed by atoms with Crippen molar-refractivity contribution in [2.24, 2.45) is 0 Å². The molecule has 5 aromatic rings. The Labute approximate surface area is 269 Å². The molecule has 2 atom stereocenters. The van der Waals surface area contributed by atoms with E-state index < -0.39 is 11.2 Å². The van der Waals surface area contributed by atoms with Crippen molar-refractivity contribution >= 4 is 45.4 Å². The number of esters is 2. The highest BCUT2D eigenvalue weighted by Gasteiger charge is 2.20. The second-order valence-corrected chi connectivity index (χ2v) is 13.9. The van der Waals surface area contributed by atoms with Gasteiger partial charge in [0.15, 0.2) is 0 Å². The summed E-state index contributed by atoms with van der Waals surface area (Å²) in [6.45, 7) is 15.1. The number of aromatic nitrogens is 4. The highest BCUT2D eigenvalue weighted by Crippen LogP contribution is 2.32. The van der Waals surface area contributed by atoms with Gasteiger partial charge >= 0.3 is 11.9 Å². The number of hydrogen-bond acceptors (Lipinski definition) is 8. The summed E-state index contributed by atoms with van der Waals surface area (Å²) in [4.78, 5) is 41.2. The molecule has 0 radical (unpaired) electrons. The number of H-pyrrole nitrogens is 2. The van der Waals surface area contributed by atoms with Gasteiger partial charge in [0.1, 0.15) is 22.9 Å². The molecule has 0 fully saturated rings. The molecule has 10 nitrogen and oxygen atoms in total. The molecule has 0 amide bonds. The van der Waals surface area contributed by atoms with E-state index in [4.69, 9.17) is 19.4 Å². The molecule has 0 aliphatic heterocycles. The number of rotatable bonds is 10. The predicted octanol–water partition coefficient (Wildman–Crippen LogP) is 7.84. The highest BCUT2D eigenvalue weighted by atomic mass is 16.6. The summed E-state index contributed by atoms with van der Waals surface area (Å²) in [6.07, 6.45) is 0.522. The first-order valence-electron chi connectivity index (χ1n) is 15.7. The maximum Gasteiger partial charge on any atom is 0.308 e. The fraction of sp³-hybridized carbons (Fsp3) is 0.389. The molecule has 46 heavy (non-hydrogen) atoms. The van der Waals surface area contributed by atoms with E-state index in [0.29, 0.717) is 0 Å². The van der Waals surface area contributed by atoms with Crippen LogP contribution in [-0.4, -0.2) is 55.2 Å². The van der Waals surface area contributed by atoms with Crippen LogP contribution in [0.2, 0.25) is 0 Å². The lowest BCUT2D eigenvalue weighted by molar-refractivity contribution is -0.156. The van der Waals surface area contributed by atoms with Gasteiger partial charge < -0.3 is 30.1 Å². The largest absolute Gasteiger partial charge is 0.460 e. The fourth-order valence-corrected chi connectivity index (χ4v) is 5.29. The number of hydrogen-bond donors (Lipinski definition) is 4. The standard InChI is InChI=1S/C36H44N6O4/c1-21(17-31(43)45-35(3,4)5)37-23-13-15-27-29(19-23)41-33(39-27)25-11-9-10-12-26(25)34-40-28-16-14-24(20-30(28)42-34)38-22(2)18-32(44)46-36(6,7)8/h9-16,19-22,37-38H,17-18H2,1-8H3,(H,39,41)(H,40,42). The van der Waals surface area contributed by atoms with Gasteiger partial charge in [-0.25, -0.2) is 9.97 Å². The lowest BCUT2D eigenvalue weighted by Crippen LogP contribution is -2.28. The van der Waals surface area contributed by atoms with Crippen LogP contribution in [0.5, 0.6) is 0 Å². The van der Waals surface area contributed by atoms with Crippen molar-refractivity contribution in [1.82, 2.24) is 19.9 Å². The first kappa shape index (κ1) is 32.5. The number of anilines is 2. The Morgan fingerprint density at radius 1 is 0.674 bits per heavy atom. The Morgan fingerprint density at radius 2 is 1.07 bits per heavy atom. The number of nitrogens with one attached hydrogen (secondary N) is 4. The lowest BCUT2D eigenvalue weighted by Gasteiger charge is -2.21. The van der Waals surface area contributed by atoms with Crippen LogP contribution in [0.1, 0.15) is 68.2 Å². The number of benzene rings is 3. The number of ether oxygens (including phenoxy) is 2. The van der Waals surface area contributed by atoms with Crippen LogP contribution < -0.4 is 10.6 Å². The molecule has 2 aromatic heterocycles. The van der Waals surface area contributed by atoms with Crippen molar-refractivity contribution in [3.8, 4) is 22.8 Å². The van der Waals surface area contributed by atoms with Crippen LogP contribution in [0.3, 0.4) is 0 Å². The van der Waals surface area contributed by atoms with Gasteiger partial charge in [-0.15, -0.1) is 0 Å². The summed E-state index contributed by atoms with van der Waals surface area (Å²) in [7, 11) is 0. The Morgan fingerprint density at radius 3 is 1.43 bits per heavy atom. The first-order valence-corrected chi connectivity index (χ1v) is 15.7. The van der Waals surface area contributed by atoms with Crippen LogP contribution in [0.25, 0.3) is 44.8 Å². The van der Waals surface area contributed by atoms with E-state index in [1.807, 2.05) is 116 Å². The molecular formula is C36H44N6O4. The van der Waals surface area contributed by atoms with E-state index in [1.165, 1.54) is 0 Å². The molecule has 0 aliphatic rings. The second-order valence-electron chi connectivity index (χ2n) is 13.9. The minimum absolute atomic E-state index is 0.104. The molecule has 242 valence electrons. The van der Waals surface area contributed by atoms with Crippen molar-refractivity contribution in [3.05, 3.63) is 60.7 Å². The van der Waals surface area contributed by atoms with Gasteiger partial charge in [-0.3, -0.25) is 9.59 Å². The van der Waals surface area contributed by atoms with Gasteiger partial charge in [0.25, 0.3) is 0 Å². The minimum Gasteiger partial charge on any atom is -0.460 e.